The lowest BCUT2D eigenvalue weighted by Crippen LogP contribution is -2.39. The van der Waals surface area contributed by atoms with Crippen molar-refractivity contribution in [1.29, 1.82) is 0 Å². The van der Waals surface area contributed by atoms with Gasteiger partial charge in [-0.25, -0.2) is 0 Å². The van der Waals surface area contributed by atoms with Crippen molar-refractivity contribution in [3.63, 3.8) is 0 Å². The highest BCUT2D eigenvalue weighted by atomic mass is 127. The number of aromatic nitrogens is 1. The van der Waals surface area contributed by atoms with Crippen molar-refractivity contribution in [3.05, 3.63) is 52.3 Å². The van der Waals surface area contributed by atoms with Gasteiger partial charge in [-0.05, 0) is 43.7 Å². The first kappa shape index (κ1) is 24.5. The van der Waals surface area contributed by atoms with E-state index in [1.807, 2.05) is 58.4 Å². The lowest BCUT2D eigenvalue weighted by atomic mass is 10.2. The van der Waals surface area contributed by atoms with Gasteiger partial charge in [-0.1, -0.05) is 22.0 Å². The quantitative estimate of drug-likeness (QED) is 0.303. The lowest BCUT2D eigenvalue weighted by molar-refractivity contribution is -0.116. The molecule has 0 saturated carbocycles. The number of rotatable bonds is 7. The zero-order chi connectivity index (χ0) is 19.8. The summed E-state index contributed by atoms with van der Waals surface area (Å²) in [4.78, 5) is 18.9. The van der Waals surface area contributed by atoms with Crippen molar-refractivity contribution in [2.24, 2.45) is 12.0 Å². The van der Waals surface area contributed by atoms with Gasteiger partial charge in [0.1, 0.15) is 0 Å². The van der Waals surface area contributed by atoms with E-state index in [9.17, 15) is 4.79 Å². The summed E-state index contributed by atoms with van der Waals surface area (Å²) in [6, 6.07) is 9.96. The maximum absolute atomic E-state index is 12.3. The number of benzene rings is 1. The number of carbonyl (C=O) groups is 1. The fourth-order valence-electron chi connectivity index (χ4n) is 2.65. The summed E-state index contributed by atoms with van der Waals surface area (Å²) < 4.78 is 3.03. The van der Waals surface area contributed by atoms with E-state index in [0.717, 1.165) is 34.8 Å². The van der Waals surface area contributed by atoms with E-state index in [1.165, 1.54) is 5.69 Å². The first-order valence-electron chi connectivity index (χ1n) is 9.06. The Morgan fingerprint density at radius 1 is 1.32 bits per heavy atom. The number of aliphatic imine (C=N–C) groups is 1. The van der Waals surface area contributed by atoms with Crippen LogP contribution in [-0.2, 0) is 18.4 Å². The maximum atomic E-state index is 12.3. The second-order valence-electron chi connectivity index (χ2n) is 6.46. The van der Waals surface area contributed by atoms with Gasteiger partial charge in [0.2, 0.25) is 5.91 Å². The summed E-state index contributed by atoms with van der Waals surface area (Å²) in [5.41, 5.74) is 3.06. The predicted molar refractivity (Wildman–Crippen MR) is 130 cm³/mol. The Morgan fingerprint density at radius 3 is 2.71 bits per heavy atom. The van der Waals surface area contributed by atoms with Gasteiger partial charge in [0.25, 0.3) is 0 Å². The minimum atomic E-state index is -0.0408. The van der Waals surface area contributed by atoms with Crippen LogP contribution in [0.25, 0.3) is 0 Å². The average Bonchev–Trinajstić information content (AvgIpc) is 3.02. The number of nitrogens with zero attached hydrogens (tertiary/aromatic N) is 3. The van der Waals surface area contributed by atoms with E-state index in [4.69, 9.17) is 0 Å². The molecule has 1 aromatic heterocycles. The minimum Gasteiger partial charge on any atom is -0.357 e. The largest absolute Gasteiger partial charge is 0.357 e. The van der Waals surface area contributed by atoms with Gasteiger partial charge in [-0.2, -0.15) is 0 Å². The Kier molecular flexibility index (Phi) is 10.6. The minimum absolute atomic E-state index is 0. The SMILES string of the molecule is CCNC(=NCCC(=O)Nc1cc(Br)ccc1C)N(C)Cc1cccn1C.I. The Hall–Kier alpha value is -1.55. The number of hydrogen-bond donors (Lipinski definition) is 2. The Morgan fingerprint density at radius 2 is 2.07 bits per heavy atom. The van der Waals surface area contributed by atoms with Crippen LogP contribution in [0.3, 0.4) is 0 Å². The van der Waals surface area contributed by atoms with E-state index < -0.39 is 0 Å². The van der Waals surface area contributed by atoms with E-state index in [-0.39, 0.29) is 29.9 Å². The van der Waals surface area contributed by atoms with Crippen molar-refractivity contribution in [1.82, 2.24) is 14.8 Å². The average molecular weight is 562 g/mol. The standard InChI is InChI=1S/C20H28BrN5O.HI/c1-5-22-20(26(4)14-17-7-6-12-25(17)3)23-11-10-19(27)24-18-13-16(21)9-8-15(18)2;/h6-9,12-13H,5,10-11,14H2,1-4H3,(H,22,23)(H,24,27);1H. The second kappa shape index (κ2) is 12.1. The number of nitrogens with one attached hydrogen (secondary N) is 2. The zero-order valence-electron chi connectivity index (χ0n) is 16.8. The van der Waals surface area contributed by atoms with Crippen LogP contribution in [0.1, 0.15) is 24.6 Å². The van der Waals surface area contributed by atoms with Gasteiger partial charge in [0, 0.05) is 49.1 Å². The number of amides is 1. The zero-order valence-corrected chi connectivity index (χ0v) is 20.7. The smallest absolute Gasteiger partial charge is 0.226 e. The molecule has 6 nitrogen and oxygen atoms in total. The number of carbonyl (C=O) groups excluding carboxylic acids is 1. The molecule has 0 aliphatic heterocycles. The molecule has 0 unspecified atom stereocenters. The first-order valence-corrected chi connectivity index (χ1v) is 9.85. The molecule has 1 aromatic carbocycles. The Balaban J connectivity index is 0.00000392. The topological polar surface area (TPSA) is 61.7 Å². The number of hydrogen-bond acceptors (Lipinski definition) is 2. The van der Waals surface area contributed by atoms with E-state index >= 15 is 0 Å². The molecular weight excluding hydrogens is 533 g/mol. The third-order valence-electron chi connectivity index (χ3n) is 4.22. The highest BCUT2D eigenvalue weighted by Gasteiger charge is 2.09. The molecule has 0 spiro atoms. The highest BCUT2D eigenvalue weighted by molar-refractivity contribution is 14.0. The summed E-state index contributed by atoms with van der Waals surface area (Å²) in [6.07, 6.45) is 2.36. The van der Waals surface area contributed by atoms with E-state index in [0.29, 0.717) is 13.0 Å². The Labute approximate surface area is 192 Å². The number of halogens is 2. The van der Waals surface area contributed by atoms with Crippen LogP contribution in [0.5, 0.6) is 0 Å². The van der Waals surface area contributed by atoms with Crippen molar-refractivity contribution in [2.45, 2.75) is 26.8 Å². The molecule has 0 bridgehead atoms. The van der Waals surface area contributed by atoms with Crippen LogP contribution in [0.2, 0.25) is 0 Å². The van der Waals surface area contributed by atoms with Crippen molar-refractivity contribution in [2.75, 3.05) is 25.5 Å². The Bertz CT molecular complexity index is 806. The van der Waals surface area contributed by atoms with Crippen LogP contribution in [0.4, 0.5) is 5.69 Å². The molecule has 0 aliphatic carbocycles. The maximum Gasteiger partial charge on any atom is 0.226 e. The summed E-state index contributed by atoms with van der Waals surface area (Å²) in [6.45, 7) is 5.97. The number of guanidine groups is 1. The van der Waals surface area contributed by atoms with Crippen LogP contribution >= 0.6 is 39.9 Å². The molecule has 0 radical (unpaired) electrons. The molecule has 0 aliphatic rings. The molecule has 0 atom stereocenters. The third-order valence-corrected chi connectivity index (χ3v) is 4.71. The van der Waals surface area contributed by atoms with Gasteiger partial charge in [0.15, 0.2) is 5.96 Å². The molecule has 1 amide bonds. The van der Waals surface area contributed by atoms with Gasteiger partial charge in [-0.3, -0.25) is 9.79 Å². The van der Waals surface area contributed by atoms with Gasteiger partial charge < -0.3 is 20.1 Å². The molecule has 8 heteroatoms. The van der Waals surface area contributed by atoms with Crippen molar-refractivity contribution >= 4 is 57.5 Å². The van der Waals surface area contributed by atoms with Gasteiger partial charge in [-0.15, -0.1) is 24.0 Å². The molecule has 2 aromatic rings. The summed E-state index contributed by atoms with van der Waals surface area (Å²) in [5, 5.41) is 6.24. The lowest BCUT2D eigenvalue weighted by Gasteiger charge is -2.22. The van der Waals surface area contributed by atoms with Crippen LogP contribution < -0.4 is 10.6 Å². The van der Waals surface area contributed by atoms with Crippen molar-refractivity contribution < 1.29 is 4.79 Å². The molecule has 2 N–H and O–H groups in total. The molecular formula is C20H29BrIN5O. The first-order chi connectivity index (χ1) is 12.9. The van der Waals surface area contributed by atoms with Crippen LogP contribution in [0, 0.1) is 6.92 Å². The summed E-state index contributed by atoms with van der Waals surface area (Å²) in [5.74, 6) is 0.756. The molecule has 0 saturated heterocycles. The van der Waals surface area contributed by atoms with Gasteiger partial charge >= 0.3 is 0 Å². The molecule has 28 heavy (non-hydrogen) atoms. The van der Waals surface area contributed by atoms with E-state index in [1.54, 1.807) is 0 Å². The number of aryl methyl sites for hydroxylation is 2. The predicted octanol–water partition coefficient (Wildman–Crippen LogP) is 4.14. The molecule has 1 heterocycles. The van der Waals surface area contributed by atoms with Crippen molar-refractivity contribution in [3.8, 4) is 0 Å². The van der Waals surface area contributed by atoms with Crippen LogP contribution in [-0.4, -0.2) is 41.5 Å². The number of anilines is 1. The molecule has 0 fully saturated rings. The monoisotopic (exact) mass is 561 g/mol. The fraction of sp³-hybridized carbons (Fsp3) is 0.400. The summed E-state index contributed by atoms with van der Waals surface area (Å²) >= 11 is 3.43. The summed E-state index contributed by atoms with van der Waals surface area (Å²) in [7, 11) is 4.03. The third kappa shape index (κ3) is 7.46. The molecule has 154 valence electrons. The normalized spacial score (nSPS) is 11.0. The molecule has 2 rings (SSSR count). The fourth-order valence-corrected chi connectivity index (χ4v) is 3.01. The highest BCUT2D eigenvalue weighted by Crippen LogP contribution is 2.20. The van der Waals surface area contributed by atoms with E-state index in [2.05, 4.69) is 47.1 Å². The van der Waals surface area contributed by atoms with Crippen LogP contribution in [0.15, 0.2) is 46.0 Å². The van der Waals surface area contributed by atoms with Gasteiger partial charge in [0.05, 0.1) is 13.1 Å². The second-order valence-corrected chi connectivity index (χ2v) is 7.38.